The number of aromatic amines is 1. The van der Waals surface area contributed by atoms with Gasteiger partial charge in [-0.1, -0.05) is 16.7 Å². The minimum atomic E-state index is -0.832. The second-order valence-electron chi connectivity index (χ2n) is 5.89. The van der Waals surface area contributed by atoms with Crippen LogP contribution in [0.25, 0.3) is 0 Å². The van der Waals surface area contributed by atoms with Gasteiger partial charge in [0.15, 0.2) is 10.7 Å². The molecule has 3 aromatic rings. The van der Waals surface area contributed by atoms with Crippen LogP contribution in [0, 0.1) is 17.0 Å². The molecule has 152 valence electrons. The number of carbonyl (C=O) groups excluding carboxylic acids is 2. The van der Waals surface area contributed by atoms with Crippen LogP contribution in [-0.2, 0) is 13.6 Å². The lowest BCUT2D eigenvalue weighted by atomic mass is 10.3. The molecule has 3 N–H and O–H groups in total. The third-order valence-corrected chi connectivity index (χ3v) is 4.53. The first-order valence-corrected chi connectivity index (χ1v) is 8.67. The number of aromatic nitrogens is 6. The lowest BCUT2D eigenvalue weighted by Crippen LogP contribution is -2.21. The highest BCUT2D eigenvalue weighted by Gasteiger charge is 2.27. The Balaban J connectivity index is 1.88. The van der Waals surface area contributed by atoms with Gasteiger partial charge >= 0.3 is 5.82 Å². The highest BCUT2D eigenvalue weighted by atomic mass is 35.5. The minimum Gasteiger partial charge on any atom is -0.358 e. The Bertz CT molecular complexity index is 1110. The number of carbonyl (C=O) groups is 2. The van der Waals surface area contributed by atoms with Crippen LogP contribution < -0.4 is 10.6 Å². The second-order valence-corrected chi connectivity index (χ2v) is 6.27. The number of nitrogens with one attached hydrogen (secondary N) is 3. The first kappa shape index (κ1) is 20.0. The largest absolute Gasteiger partial charge is 0.362 e. The summed E-state index contributed by atoms with van der Waals surface area (Å²) >= 11 is 5.84. The lowest BCUT2D eigenvalue weighted by Gasteiger charge is -2.09. The average molecular weight is 422 g/mol. The van der Waals surface area contributed by atoms with Crippen LogP contribution in [0.3, 0.4) is 0 Å². The molecule has 0 saturated heterocycles. The van der Waals surface area contributed by atoms with E-state index in [2.05, 4.69) is 31.0 Å². The summed E-state index contributed by atoms with van der Waals surface area (Å²) in [4.78, 5) is 35.3. The Morgan fingerprint density at radius 3 is 2.45 bits per heavy atom. The van der Waals surface area contributed by atoms with Crippen LogP contribution in [0.15, 0.2) is 12.4 Å². The van der Waals surface area contributed by atoms with Gasteiger partial charge in [0.2, 0.25) is 0 Å². The number of nitrogens with zero attached hydrogens (tertiary/aromatic N) is 6. The van der Waals surface area contributed by atoms with Crippen molar-refractivity contribution in [3.05, 3.63) is 44.6 Å². The maximum Gasteiger partial charge on any atom is 0.362 e. The van der Waals surface area contributed by atoms with Gasteiger partial charge in [-0.05, 0) is 18.8 Å². The summed E-state index contributed by atoms with van der Waals surface area (Å²) in [6.07, 6.45) is 2.79. The number of amides is 2. The number of rotatable bonds is 6. The van der Waals surface area contributed by atoms with Crippen molar-refractivity contribution in [2.24, 2.45) is 7.05 Å². The van der Waals surface area contributed by atoms with Crippen molar-refractivity contribution in [3.8, 4) is 0 Å². The fraction of sp³-hybridized carbons (Fsp3) is 0.267. The van der Waals surface area contributed by atoms with E-state index in [1.54, 1.807) is 25.6 Å². The molecular weight excluding hydrogens is 406 g/mol. The van der Waals surface area contributed by atoms with Gasteiger partial charge in [0, 0.05) is 13.6 Å². The highest BCUT2D eigenvalue weighted by Crippen LogP contribution is 2.26. The standard InChI is InChI=1S/C15H16ClN9O4/c1-4-24-12(15(27)19-8-5-17-23(3)7(8)2)9(6-18-24)20-14(26)11-10(16)13(22-21-11)25(28)29/h5-6H,4H2,1-3H3,(H,19,27)(H,20,26)(H,21,22). The summed E-state index contributed by atoms with van der Waals surface area (Å²) in [5.74, 6) is -1.96. The van der Waals surface area contributed by atoms with E-state index in [1.165, 1.54) is 17.1 Å². The van der Waals surface area contributed by atoms with Crippen molar-refractivity contribution >= 4 is 40.6 Å². The smallest absolute Gasteiger partial charge is 0.358 e. The maximum atomic E-state index is 12.8. The summed E-state index contributed by atoms with van der Waals surface area (Å²) in [7, 11) is 1.74. The zero-order chi connectivity index (χ0) is 21.3. The monoisotopic (exact) mass is 421 g/mol. The lowest BCUT2D eigenvalue weighted by molar-refractivity contribution is -0.389. The quantitative estimate of drug-likeness (QED) is 0.402. The van der Waals surface area contributed by atoms with Crippen molar-refractivity contribution in [3.63, 3.8) is 0 Å². The van der Waals surface area contributed by atoms with Gasteiger partial charge in [-0.15, -0.1) is 5.10 Å². The van der Waals surface area contributed by atoms with E-state index in [9.17, 15) is 19.7 Å². The van der Waals surface area contributed by atoms with Gasteiger partial charge in [-0.2, -0.15) is 10.2 Å². The van der Waals surface area contributed by atoms with Crippen LogP contribution >= 0.6 is 11.6 Å². The Kier molecular flexibility index (Phi) is 5.32. The van der Waals surface area contributed by atoms with E-state index in [1.807, 2.05) is 0 Å². The molecule has 3 heterocycles. The molecule has 0 unspecified atom stereocenters. The Morgan fingerprint density at radius 1 is 1.24 bits per heavy atom. The van der Waals surface area contributed by atoms with Crippen molar-refractivity contribution in [2.45, 2.75) is 20.4 Å². The van der Waals surface area contributed by atoms with E-state index < -0.39 is 27.6 Å². The van der Waals surface area contributed by atoms with Crippen molar-refractivity contribution in [1.29, 1.82) is 0 Å². The Hall–Kier alpha value is -3.74. The van der Waals surface area contributed by atoms with Crippen LogP contribution in [0.4, 0.5) is 17.2 Å². The highest BCUT2D eigenvalue weighted by molar-refractivity contribution is 6.36. The van der Waals surface area contributed by atoms with E-state index >= 15 is 0 Å². The molecule has 0 saturated carbocycles. The Labute approximate surface area is 168 Å². The predicted octanol–water partition coefficient (Wildman–Crippen LogP) is 1.73. The van der Waals surface area contributed by atoms with Gasteiger partial charge in [0.25, 0.3) is 11.8 Å². The number of hydrogen-bond acceptors (Lipinski definition) is 7. The number of aryl methyl sites for hydroxylation is 2. The van der Waals surface area contributed by atoms with Crippen LogP contribution in [-0.4, -0.2) is 46.5 Å². The minimum absolute atomic E-state index is 0.0882. The van der Waals surface area contributed by atoms with Gasteiger partial charge in [-0.25, -0.2) is 0 Å². The molecule has 0 atom stereocenters. The fourth-order valence-corrected chi connectivity index (χ4v) is 2.77. The molecule has 2 amide bonds. The zero-order valence-corrected chi connectivity index (χ0v) is 16.3. The summed E-state index contributed by atoms with van der Waals surface area (Å²) in [5.41, 5.74) is 1.05. The fourth-order valence-electron chi connectivity index (χ4n) is 2.53. The van der Waals surface area contributed by atoms with Crippen LogP contribution in [0.2, 0.25) is 5.02 Å². The first-order valence-electron chi connectivity index (χ1n) is 8.29. The Morgan fingerprint density at radius 2 is 1.90 bits per heavy atom. The van der Waals surface area contributed by atoms with Crippen molar-refractivity contribution in [2.75, 3.05) is 10.6 Å². The van der Waals surface area contributed by atoms with Gasteiger partial charge in [0.05, 0.1) is 29.5 Å². The number of nitro groups is 1. The van der Waals surface area contributed by atoms with E-state index in [0.717, 1.165) is 5.69 Å². The van der Waals surface area contributed by atoms with Gasteiger partial charge in [-0.3, -0.25) is 19.0 Å². The average Bonchev–Trinajstić information content (AvgIpc) is 3.34. The molecule has 14 heteroatoms. The van der Waals surface area contributed by atoms with Crippen molar-refractivity contribution in [1.82, 2.24) is 29.8 Å². The molecule has 0 aromatic carbocycles. The number of halogens is 1. The summed E-state index contributed by atoms with van der Waals surface area (Å²) in [6, 6.07) is 0. The zero-order valence-electron chi connectivity index (χ0n) is 15.6. The molecular formula is C15H16ClN9O4. The molecule has 3 aromatic heterocycles. The summed E-state index contributed by atoms with van der Waals surface area (Å²) in [5, 5.41) is 29.4. The normalized spacial score (nSPS) is 10.8. The third kappa shape index (κ3) is 3.67. The second kappa shape index (κ2) is 7.71. The first-order chi connectivity index (χ1) is 13.7. The predicted molar refractivity (Wildman–Crippen MR) is 102 cm³/mol. The van der Waals surface area contributed by atoms with E-state index in [4.69, 9.17) is 11.6 Å². The molecule has 0 aliphatic rings. The van der Waals surface area contributed by atoms with E-state index in [-0.39, 0.29) is 17.1 Å². The molecule has 0 radical (unpaired) electrons. The number of anilines is 2. The number of hydrogen-bond donors (Lipinski definition) is 3. The van der Waals surface area contributed by atoms with Gasteiger partial charge < -0.3 is 20.7 Å². The van der Waals surface area contributed by atoms with E-state index in [0.29, 0.717) is 12.2 Å². The summed E-state index contributed by atoms with van der Waals surface area (Å²) in [6.45, 7) is 3.92. The maximum absolute atomic E-state index is 12.8. The van der Waals surface area contributed by atoms with Crippen LogP contribution in [0.1, 0.15) is 33.6 Å². The molecule has 0 aliphatic carbocycles. The topological polar surface area (TPSA) is 166 Å². The molecule has 3 rings (SSSR count). The summed E-state index contributed by atoms with van der Waals surface area (Å²) < 4.78 is 2.99. The van der Waals surface area contributed by atoms with Gasteiger partial charge in [0.1, 0.15) is 5.69 Å². The van der Waals surface area contributed by atoms with Crippen molar-refractivity contribution < 1.29 is 14.5 Å². The molecule has 0 fully saturated rings. The molecule has 0 bridgehead atoms. The SMILES string of the molecule is CCn1ncc(NC(=O)c2n[nH]c([N+](=O)[O-])c2Cl)c1C(=O)Nc1cnn(C)c1C. The molecule has 13 nitrogen and oxygen atoms in total. The molecule has 0 aliphatic heterocycles. The number of H-pyrrole nitrogens is 1. The molecule has 29 heavy (non-hydrogen) atoms. The van der Waals surface area contributed by atoms with Crippen LogP contribution in [0.5, 0.6) is 0 Å². The molecule has 0 spiro atoms. The third-order valence-electron chi connectivity index (χ3n) is 4.17.